The number of ether oxygens (including phenoxy) is 4. The maximum Gasteiger partial charge on any atom is 0.297 e. The molecule has 3 aromatic carbocycles. The smallest absolute Gasteiger partial charge is 0.297 e. The van der Waals surface area contributed by atoms with Crippen LogP contribution in [0.2, 0.25) is 0 Å². The molecule has 1 spiro atoms. The monoisotopic (exact) mass is 991 g/mol. The number of fused-ring (bicyclic) bond motifs is 2. The number of pyridine rings is 1. The lowest BCUT2D eigenvalue weighted by Gasteiger charge is -2.57. The van der Waals surface area contributed by atoms with Crippen LogP contribution in [0.15, 0.2) is 77.8 Å². The first-order chi connectivity index (χ1) is 34.1. The second-order valence-electron chi connectivity index (χ2n) is 20.9. The molecule has 2 saturated carbocycles. The molecule has 2 saturated heterocycles. The summed E-state index contributed by atoms with van der Waals surface area (Å²) in [6.45, 7) is 12.7. The average Bonchev–Trinajstić information content (AvgIpc) is 3.81. The Labute approximate surface area is 414 Å². The van der Waals surface area contributed by atoms with Crippen LogP contribution in [0.4, 0.5) is 17.1 Å². The summed E-state index contributed by atoms with van der Waals surface area (Å²) in [5.74, 6) is 0.0316. The van der Waals surface area contributed by atoms with Gasteiger partial charge in [0.15, 0.2) is 17.2 Å². The summed E-state index contributed by atoms with van der Waals surface area (Å²) in [5, 5.41) is 26.9. The highest BCUT2D eigenvalue weighted by Crippen LogP contribution is 2.53. The number of nitro benzene ring substituents is 1. The van der Waals surface area contributed by atoms with E-state index < -0.39 is 37.0 Å². The van der Waals surface area contributed by atoms with Crippen molar-refractivity contribution in [3.8, 4) is 23.1 Å². The predicted molar refractivity (Wildman–Crippen MR) is 269 cm³/mol. The largest absolute Gasteiger partial charge is 0.489 e. The number of sulfonamides is 1. The molecule has 4 fully saturated rings. The van der Waals surface area contributed by atoms with Gasteiger partial charge < -0.3 is 39.3 Å². The number of aromatic amines is 1. The third-order valence-corrected chi connectivity index (χ3v) is 17.0. The molecule has 3 aliphatic heterocycles. The van der Waals surface area contributed by atoms with Crippen LogP contribution in [0.3, 0.4) is 0 Å². The van der Waals surface area contributed by atoms with Gasteiger partial charge in [-0.2, -0.15) is 4.98 Å². The van der Waals surface area contributed by atoms with Crippen LogP contribution in [0.25, 0.3) is 11.0 Å². The predicted octanol–water partition coefficient (Wildman–Crippen LogP) is 9.23. The van der Waals surface area contributed by atoms with E-state index in [1.807, 2.05) is 13.0 Å². The van der Waals surface area contributed by atoms with Gasteiger partial charge in [0.25, 0.3) is 27.5 Å². The minimum atomic E-state index is -4.71. The fourth-order valence-electron chi connectivity index (χ4n) is 11.6. The summed E-state index contributed by atoms with van der Waals surface area (Å²) in [6, 6.07) is 20.1. The van der Waals surface area contributed by atoms with Gasteiger partial charge >= 0.3 is 0 Å². The van der Waals surface area contributed by atoms with Gasteiger partial charge in [-0.15, -0.1) is 0 Å². The Balaban J connectivity index is 0.887. The van der Waals surface area contributed by atoms with Gasteiger partial charge in [-0.05, 0) is 117 Å². The van der Waals surface area contributed by atoms with Crippen LogP contribution in [-0.4, -0.2) is 103 Å². The minimum Gasteiger partial charge on any atom is -0.489 e. The molecule has 2 aliphatic carbocycles. The Kier molecular flexibility index (Phi) is 13.4. The number of nitrogens with zero attached hydrogens (tertiary/aromatic N) is 4. The molecule has 0 bridgehead atoms. The average molecular weight is 992 g/mol. The molecule has 17 nitrogen and oxygen atoms in total. The van der Waals surface area contributed by atoms with E-state index in [4.69, 9.17) is 18.9 Å². The number of carbonyl (C=O) groups is 1. The first-order valence-electron chi connectivity index (χ1n) is 25.2. The van der Waals surface area contributed by atoms with Gasteiger partial charge in [-0.25, -0.2) is 13.1 Å². The number of carbonyl (C=O) groups excluding carboxylic acids is 1. The van der Waals surface area contributed by atoms with E-state index in [9.17, 15) is 28.4 Å². The summed E-state index contributed by atoms with van der Waals surface area (Å²) in [6.07, 6.45) is 9.30. The summed E-state index contributed by atoms with van der Waals surface area (Å²) in [7, 11) is -4.71. The zero-order valence-corrected chi connectivity index (χ0v) is 41.8. The first kappa shape index (κ1) is 48.7. The van der Waals surface area contributed by atoms with E-state index in [-0.39, 0.29) is 64.4 Å². The van der Waals surface area contributed by atoms with Crippen LogP contribution in [0.5, 0.6) is 23.1 Å². The zero-order chi connectivity index (χ0) is 49.7. The highest BCUT2D eigenvalue weighted by molar-refractivity contribution is 7.90. The van der Waals surface area contributed by atoms with Crippen LogP contribution >= 0.6 is 0 Å². The number of morpholine rings is 1. The number of aliphatic hydroxyl groups is 1. The van der Waals surface area contributed by atoms with E-state index in [1.165, 1.54) is 17.2 Å². The number of benzene rings is 3. The van der Waals surface area contributed by atoms with Crippen LogP contribution < -0.4 is 29.1 Å². The molecule has 71 heavy (non-hydrogen) atoms. The number of anilines is 2. The van der Waals surface area contributed by atoms with Gasteiger partial charge in [0.05, 0.1) is 52.9 Å². The first-order valence-corrected chi connectivity index (χ1v) is 26.7. The number of hydrogen-bond donors (Lipinski definition) is 4. The normalized spacial score (nSPS) is 23.6. The second-order valence-corrected chi connectivity index (χ2v) is 22.6. The van der Waals surface area contributed by atoms with Gasteiger partial charge in [0, 0.05) is 61.1 Å². The third kappa shape index (κ3) is 10.00. The quantitative estimate of drug-likeness (QED) is 0.0604. The Morgan fingerprint density at radius 3 is 2.54 bits per heavy atom. The second kappa shape index (κ2) is 19.6. The zero-order valence-electron chi connectivity index (χ0n) is 40.9. The Bertz CT molecular complexity index is 2900. The lowest BCUT2D eigenvalue weighted by Crippen LogP contribution is -2.58. The molecule has 2 atom stereocenters. The molecular weight excluding hydrogens is 927 g/mol. The molecule has 5 heterocycles. The standard InChI is InChI=1S/C53H65N7O10S/c1-5-23-68-51-47(25-35-14-19-54-49(35)56-51)70-45-26-36(58-20-17-53(18-21-58)29-37(30-53)59-22-24-67-32-44(59)40-9-7-6-8-39(40)33(2)3)10-11-41(45)50(61)57-71(65,66)38-27-43(60(63)64)48-46(28-38)69-31-42(55-48)34-12-15-52(4,62)16-13-34/h6-11,14,19,25-28,33-34,37,42,44,55,62H,5,12-13,15-18,20-24,29-32H2,1-4H3,(H,54,56)(H,57,61)/t34-,42-,44-,52-/m1/s1. The van der Waals surface area contributed by atoms with Crippen molar-refractivity contribution in [3.63, 3.8) is 0 Å². The number of rotatable bonds is 14. The summed E-state index contributed by atoms with van der Waals surface area (Å²) in [4.78, 5) is 38.4. The Hall–Kier alpha value is -5.95. The number of hydrogen-bond acceptors (Lipinski definition) is 14. The maximum atomic E-state index is 14.3. The topological polar surface area (TPSA) is 211 Å². The highest BCUT2D eigenvalue weighted by atomic mass is 32.2. The number of nitrogens with one attached hydrogen (secondary N) is 3. The number of amides is 1. The molecule has 4 N–H and O–H groups in total. The lowest BCUT2D eigenvalue weighted by atomic mass is 9.59. The number of aromatic nitrogens is 2. The molecule has 2 aromatic heterocycles. The molecule has 18 heteroatoms. The van der Waals surface area contributed by atoms with Crippen molar-refractivity contribution in [1.82, 2.24) is 19.6 Å². The van der Waals surface area contributed by atoms with Crippen LogP contribution in [0.1, 0.15) is 119 Å². The van der Waals surface area contributed by atoms with Crippen molar-refractivity contribution >= 4 is 44.0 Å². The van der Waals surface area contributed by atoms with Crippen LogP contribution in [-0.2, 0) is 14.8 Å². The maximum absolute atomic E-state index is 14.3. The molecule has 0 unspecified atom stereocenters. The van der Waals surface area contributed by atoms with Crippen LogP contribution in [0, 0.1) is 21.4 Å². The number of H-pyrrole nitrogens is 1. The van der Waals surface area contributed by atoms with Crippen molar-refractivity contribution in [2.24, 2.45) is 11.3 Å². The van der Waals surface area contributed by atoms with Crippen molar-refractivity contribution in [2.75, 3.05) is 56.3 Å². The van der Waals surface area contributed by atoms with Gasteiger partial charge in [0.1, 0.15) is 18.0 Å². The van der Waals surface area contributed by atoms with Crippen molar-refractivity contribution in [2.45, 2.75) is 120 Å². The van der Waals surface area contributed by atoms with Crippen molar-refractivity contribution < 1.29 is 42.2 Å². The van der Waals surface area contributed by atoms with Crippen molar-refractivity contribution in [1.29, 1.82) is 0 Å². The third-order valence-electron chi connectivity index (χ3n) is 15.7. The highest BCUT2D eigenvalue weighted by Gasteiger charge is 2.50. The molecule has 5 aromatic rings. The molecule has 5 aliphatic rings. The van der Waals surface area contributed by atoms with Gasteiger partial charge in [0.2, 0.25) is 0 Å². The fraction of sp³-hybridized carbons (Fsp3) is 0.509. The molecule has 378 valence electrons. The molecule has 1 amide bonds. The summed E-state index contributed by atoms with van der Waals surface area (Å²) >= 11 is 0. The molecule has 10 rings (SSSR count). The molecular formula is C53H65N7O10S. The van der Waals surface area contributed by atoms with E-state index >= 15 is 0 Å². The van der Waals surface area contributed by atoms with E-state index in [0.29, 0.717) is 62.9 Å². The van der Waals surface area contributed by atoms with E-state index in [2.05, 4.69) is 67.9 Å². The summed E-state index contributed by atoms with van der Waals surface area (Å²) < 4.78 is 55.1. The van der Waals surface area contributed by atoms with Crippen molar-refractivity contribution in [3.05, 3.63) is 99.7 Å². The Morgan fingerprint density at radius 2 is 1.79 bits per heavy atom. The fourth-order valence-corrected chi connectivity index (χ4v) is 12.6. The minimum absolute atomic E-state index is 0.00912. The number of nitro groups is 1. The lowest BCUT2D eigenvalue weighted by molar-refractivity contribution is -0.384. The van der Waals surface area contributed by atoms with E-state index in [1.54, 1.807) is 37.4 Å². The SMILES string of the molecule is CCCOc1nc2[nH]ccc2cc1Oc1cc(N2CCC3(CC2)CC(N2CCOC[C@@H]2c2ccccc2C(C)C)C3)ccc1C(=O)NS(=O)(=O)c1cc2c(c([N+](=O)[O-])c1)N[C@@H]([C@H]1CC[C@](C)(O)CC1)CO2. The Morgan fingerprint density at radius 1 is 1.01 bits per heavy atom. The number of piperidine rings is 1. The summed E-state index contributed by atoms with van der Waals surface area (Å²) in [5.41, 5.74) is 3.11. The van der Waals surface area contributed by atoms with Gasteiger partial charge in [-0.3, -0.25) is 19.8 Å². The van der Waals surface area contributed by atoms with Gasteiger partial charge in [-0.1, -0.05) is 45.0 Å². The van der Waals surface area contributed by atoms with E-state index in [0.717, 1.165) is 69.1 Å². The molecule has 0 radical (unpaired) electrons.